The molecule has 16 heavy (non-hydrogen) atoms. The zero-order valence-electron chi connectivity index (χ0n) is 9.17. The molecule has 1 aliphatic carbocycles. The highest BCUT2D eigenvalue weighted by Crippen LogP contribution is 2.69. The number of amidine groups is 1. The van der Waals surface area contributed by atoms with Crippen LogP contribution in [0, 0.1) is 10.8 Å². The Bertz CT molecular complexity index is 358. The van der Waals surface area contributed by atoms with Crippen LogP contribution in [-0.4, -0.2) is 23.6 Å². The standard InChI is InChI=1S/C10H15F2N3O/c1-9-5-10(9,4-8(16)15(11)12)3-2-7(13)14-6-9/h2-6H2,1H3,(H2,13,14). The molecule has 1 amide bonds. The van der Waals surface area contributed by atoms with Gasteiger partial charge in [0.25, 0.3) is 5.91 Å². The van der Waals surface area contributed by atoms with Gasteiger partial charge in [0.15, 0.2) is 0 Å². The van der Waals surface area contributed by atoms with E-state index in [1.54, 1.807) is 0 Å². The second kappa shape index (κ2) is 3.40. The molecule has 1 saturated carbocycles. The number of carbonyl (C=O) groups excluding carboxylic acids is 1. The molecule has 2 rings (SSSR count). The number of carbonyl (C=O) groups is 1. The van der Waals surface area contributed by atoms with Crippen molar-refractivity contribution in [3.05, 3.63) is 0 Å². The number of nitrogens with two attached hydrogens (primary N) is 1. The van der Waals surface area contributed by atoms with Crippen LogP contribution in [0.3, 0.4) is 0 Å². The fourth-order valence-electron chi connectivity index (χ4n) is 2.75. The van der Waals surface area contributed by atoms with E-state index in [9.17, 15) is 13.8 Å². The fourth-order valence-corrected chi connectivity index (χ4v) is 2.75. The molecule has 2 aliphatic rings. The van der Waals surface area contributed by atoms with Crippen LogP contribution in [0.5, 0.6) is 0 Å². The molecule has 0 spiro atoms. The summed E-state index contributed by atoms with van der Waals surface area (Å²) in [6.07, 6.45) is 1.97. The molecule has 0 aromatic rings. The molecule has 0 aromatic carbocycles. The van der Waals surface area contributed by atoms with E-state index >= 15 is 0 Å². The number of halogens is 2. The lowest BCUT2D eigenvalue weighted by Gasteiger charge is -2.18. The van der Waals surface area contributed by atoms with Gasteiger partial charge in [0, 0.05) is 19.4 Å². The van der Waals surface area contributed by atoms with Gasteiger partial charge in [0.1, 0.15) is 0 Å². The van der Waals surface area contributed by atoms with Crippen molar-refractivity contribution in [2.24, 2.45) is 21.6 Å². The molecule has 2 atom stereocenters. The smallest absolute Gasteiger partial charge is 0.284 e. The van der Waals surface area contributed by atoms with Crippen LogP contribution >= 0.6 is 0 Å². The molecule has 4 nitrogen and oxygen atoms in total. The van der Waals surface area contributed by atoms with Crippen molar-refractivity contribution in [1.29, 1.82) is 0 Å². The molecule has 1 heterocycles. The average molecular weight is 231 g/mol. The summed E-state index contributed by atoms with van der Waals surface area (Å²) in [6, 6.07) is 0. The minimum atomic E-state index is -1.32. The summed E-state index contributed by atoms with van der Waals surface area (Å²) in [6.45, 7) is 2.54. The summed E-state index contributed by atoms with van der Waals surface area (Å²) >= 11 is 0. The van der Waals surface area contributed by atoms with Crippen molar-refractivity contribution >= 4 is 11.7 Å². The third-order valence-electron chi connectivity index (χ3n) is 4.05. The number of rotatable bonds is 2. The van der Waals surface area contributed by atoms with E-state index in [0.717, 1.165) is 6.42 Å². The van der Waals surface area contributed by atoms with E-state index in [1.165, 1.54) is 0 Å². The van der Waals surface area contributed by atoms with Crippen LogP contribution in [0.25, 0.3) is 0 Å². The highest BCUT2D eigenvalue weighted by Gasteiger charge is 2.64. The summed E-state index contributed by atoms with van der Waals surface area (Å²) in [4.78, 5) is 15.3. The SMILES string of the molecule is CC12CN=C(N)CCC1(CC(=O)N(F)F)C2. The van der Waals surface area contributed by atoms with Crippen LogP contribution in [0.2, 0.25) is 0 Å². The first-order chi connectivity index (χ1) is 7.39. The van der Waals surface area contributed by atoms with Gasteiger partial charge in [-0.05, 0) is 29.0 Å². The van der Waals surface area contributed by atoms with E-state index in [4.69, 9.17) is 5.73 Å². The zero-order valence-corrected chi connectivity index (χ0v) is 9.17. The Hall–Kier alpha value is -1.20. The molecule has 1 aliphatic heterocycles. The van der Waals surface area contributed by atoms with Gasteiger partial charge in [-0.25, -0.2) is 0 Å². The van der Waals surface area contributed by atoms with E-state index in [2.05, 4.69) is 4.99 Å². The molecular formula is C10H15F2N3O. The third-order valence-corrected chi connectivity index (χ3v) is 4.05. The lowest BCUT2D eigenvalue weighted by Crippen LogP contribution is -2.23. The number of nitrogens with zero attached hydrogens (tertiary/aromatic N) is 2. The third kappa shape index (κ3) is 1.66. The predicted molar refractivity (Wildman–Crippen MR) is 54.6 cm³/mol. The van der Waals surface area contributed by atoms with Crippen molar-refractivity contribution in [3.63, 3.8) is 0 Å². The highest BCUT2D eigenvalue weighted by atomic mass is 19.4. The van der Waals surface area contributed by atoms with Gasteiger partial charge in [-0.2, -0.15) is 0 Å². The normalized spacial score (nSPS) is 37.1. The average Bonchev–Trinajstić information content (AvgIpc) is 2.79. The molecule has 0 aromatic heterocycles. The van der Waals surface area contributed by atoms with Crippen molar-refractivity contribution in [2.75, 3.05) is 6.54 Å². The number of fused-ring (bicyclic) bond motifs is 1. The zero-order chi connectivity index (χ0) is 12.0. The lowest BCUT2D eigenvalue weighted by molar-refractivity contribution is -0.189. The maximum atomic E-state index is 12.1. The maximum Gasteiger partial charge on any atom is 0.284 e. The summed E-state index contributed by atoms with van der Waals surface area (Å²) in [5, 5.41) is -1.32. The Morgan fingerprint density at radius 3 is 2.94 bits per heavy atom. The topological polar surface area (TPSA) is 58.7 Å². The Balaban J connectivity index is 2.08. The minimum Gasteiger partial charge on any atom is -0.387 e. The molecule has 6 heteroatoms. The molecule has 2 N–H and O–H groups in total. The summed E-state index contributed by atoms with van der Waals surface area (Å²) in [7, 11) is 0. The Morgan fingerprint density at radius 1 is 1.62 bits per heavy atom. The van der Waals surface area contributed by atoms with Gasteiger partial charge >= 0.3 is 0 Å². The first kappa shape index (κ1) is 11.3. The largest absolute Gasteiger partial charge is 0.387 e. The number of hydrogen-bond donors (Lipinski definition) is 1. The summed E-state index contributed by atoms with van der Waals surface area (Å²) in [5.41, 5.74) is 5.19. The van der Waals surface area contributed by atoms with Gasteiger partial charge in [0.2, 0.25) is 0 Å². The van der Waals surface area contributed by atoms with Crippen LogP contribution in [0.15, 0.2) is 4.99 Å². The Morgan fingerprint density at radius 2 is 2.31 bits per heavy atom. The van der Waals surface area contributed by atoms with Crippen LogP contribution < -0.4 is 5.73 Å². The fraction of sp³-hybridized carbons (Fsp3) is 0.800. The Labute approximate surface area is 92.4 Å². The van der Waals surface area contributed by atoms with E-state index in [0.29, 0.717) is 25.2 Å². The van der Waals surface area contributed by atoms with Gasteiger partial charge in [0.05, 0.1) is 5.84 Å². The van der Waals surface area contributed by atoms with Crippen molar-refractivity contribution < 1.29 is 13.8 Å². The maximum absolute atomic E-state index is 12.1. The molecule has 2 unspecified atom stereocenters. The van der Waals surface area contributed by atoms with Gasteiger partial charge in [-0.1, -0.05) is 15.9 Å². The number of aliphatic imine (C=N–C) groups is 1. The van der Waals surface area contributed by atoms with Crippen molar-refractivity contribution in [3.8, 4) is 0 Å². The summed E-state index contributed by atoms with van der Waals surface area (Å²) < 4.78 is 24.2. The Kier molecular flexibility index (Phi) is 2.40. The first-order valence-corrected chi connectivity index (χ1v) is 5.32. The second-order valence-electron chi connectivity index (χ2n) is 5.13. The monoisotopic (exact) mass is 231 g/mol. The summed E-state index contributed by atoms with van der Waals surface area (Å²) in [5.74, 6) is -0.540. The van der Waals surface area contributed by atoms with E-state index in [1.807, 2.05) is 6.92 Å². The van der Waals surface area contributed by atoms with Crippen molar-refractivity contribution in [2.45, 2.75) is 32.6 Å². The lowest BCUT2D eigenvalue weighted by atomic mass is 9.87. The van der Waals surface area contributed by atoms with Gasteiger partial charge < -0.3 is 5.73 Å². The second-order valence-corrected chi connectivity index (χ2v) is 5.13. The highest BCUT2D eigenvalue weighted by molar-refractivity contribution is 5.81. The minimum absolute atomic E-state index is 0.0979. The molecule has 0 bridgehead atoms. The van der Waals surface area contributed by atoms with E-state index in [-0.39, 0.29) is 17.3 Å². The first-order valence-electron chi connectivity index (χ1n) is 5.32. The van der Waals surface area contributed by atoms with Crippen LogP contribution in [0.1, 0.15) is 32.6 Å². The molecule has 1 fully saturated rings. The number of amides is 1. The molecule has 0 radical (unpaired) electrons. The van der Waals surface area contributed by atoms with Crippen molar-refractivity contribution in [1.82, 2.24) is 5.34 Å². The predicted octanol–water partition coefficient (Wildman–Crippen LogP) is 1.52. The quantitative estimate of drug-likeness (QED) is 0.732. The van der Waals surface area contributed by atoms with Gasteiger partial charge in [-0.15, -0.1) is 0 Å². The van der Waals surface area contributed by atoms with Crippen LogP contribution in [-0.2, 0) is 4.79 Å². The molecule has 0 saturated heterocycles. The number of hydrogen-bond acceptors (Lipinski definition) is 3. The van der Waals surface area contributed by atoms with Crippen LogP contribution in [0.4, 0.5) is 8.96 Å². The molecular weight excluding hydrogens is 216 g/mol. The van der Waals surface area contributed by atoms with Gasteiger partial charge in [-0.3, -0.25) is 9.79 Å². The molecule has 90 valence electrons. The van der Waals surface area contributed by atoms with E-state index < -0.39 is 11.3 Å².